The molecule has 0 fully saturated rings. The Balaban J connectivity index is 2.09. The van der Waals surface area contributed by atoms with Gasteiger partial charge in [0.1, 0.15) is 18.4 Å². The van der Waals surface area contributed by atoms with Gasteiger partial charge in [-0.25, -0.2) is 12.8 Å². The van der Waals surface area contributed by atoms with Crippen molar-refractivity contribution < 1.29 is 35.6 Å². The van der Waals surface area contributed by atoms with Crippen LogP contribution in [0.4, 0.5) is 23.2 Å². The van der Waals surface area contributed by atoms with Crippen LogP contribution in [0.1, 0.15) is 37.0 Å². The molecule has 12 heteroatoms. The van der Waals surface area contributed by atoms with Crippen molar-refractivity contribution in [1.29, 1.82) is 0 Å². The van der Waals surface area contributed by atoms with E-state index in [1.807, 2.05) is 6.92 Å². The largest absolute Gasteiger partial charge is 0.416 e. The molecule has 1 atom stereocenters. The molecule has 220 valence electrons. The molecular formula is C29H31F4N3O4S. The molecule has 41 heavy (non-hydrogen) atoms. The number of anilines is 1. The number of benzene rings is 3. The number of sulfonamides is 1. The lowest BCUT2D eigenvalue weighted by Gasteiger charge is -2.32. The zero-order valence-electron chi connectivity index (χ0n) is 22.8. The third-order valence-corrected chi connectivity index (χ3v) is 8.15. The standard InChI is InChI=1S/C29H31F4N3O4S/c1-4-16-34-28(38)21(3)35(18-22-8-5-6-11-26(22)30)27(37)19-36(24-10-7-9-23(17-24)29(31,32)33)41(39,40)25-14-12-20(2)13-15-25/h5-15,17,21H,4,16,18-19H2,1-3H3,(H,34,38)/t21-/m1/s1. The van der Waals surface area contributed by atoms with Gasteiger partial charge < -0.3 is 10.2 Å². The highest BCUT2D eigenvalue weighted by molar-refractivity contribution is 7.92. The summed E-state index contributed by atoms with van der Waals surface area (Å²) >= 11 is 0. The first-order valence-electron chi connectivity index (χ1n) is 12.8. The van der Waals surface area contributed by atoms with Crippen molar-refractivity contribution in [3.8, 4) is 0 Å². The fourth-order valence-electron chi connectivity index (χ4n) is 3.99. The lowest BCUT2D eigenvalue weighted by Crippen LogP contribution is -2.51. The van der Waals surface area contributed by atoms with Gasteiger partial charge in [0.05, 0.1) is 16.1 Å². The van der Waals surface area contributed by atoms with E-state index in [9.17, 15) is 35.6 Å². The van der Waals surface area contributed by atoms with Gasteiger partial charge in [0, 0.05) is 18.7 Å². The number of halogens is 4. The first kappa shape index (κ1) is 31.6. The molecular weight excluding hydrogens is 562 g/mol. The maximum Gasteiger partial charge on any atom is 0.416 e. The molecule has 0 heterocycles. The van der Waals surface area contributed by atoms with Gasteiger partial charge in [-0.3, -0.25) is 13.9 Å². The Morgan fingerprint density at radius 3 is 2.24 bits per heavy atom. The molecule has 0 saturated heterocycles. The summed E-state index contributed by atoms with van der Waals surface area (Å²) < 4.78 is 83.3. The second-order valence-corrected chi connectivity index (χ2v) is 11.3. The van der Waals surface area contributed by atoms with Crippen molar-refractivity contribution in [2.45, 2.75) is 50.9 Å². The number of alkyl halides is 3. The third kappa shape index (κ3) is 7.84. The van der Waals surface area contributed by atoms with E-state index in [2.05, 4.69) is 5.32 Å². The van der Waals surface area contributed by atoms with Crippen LogP contribution in [0, 0.1) is 12.7 Å². The van der Waals surface area contributed by atoms with Gasteiger partial charge in [-0.1, -0.05) is 48.9 Å². The van der Waals surface area contributed by atoms with Crippen molar-refractivity contribution in [2.24, 2.45) is 0 Å². The van der Waals surface area contributed by atoms with E-state index in [4.69, 9.17) is 0 Å². The number of aryl methyl sites for hydroxylation is 1. The average Bonchev–Trinajstić information content (AvgIpc) is 2.93. The zero-order valence-corrected chi connectivity index (χ0v) is 23.6. The molecule has 0 spiro atoms. The van der Waals surface area contributed by atoms with E-state index < -0.39 is 57.7 Å². The fourth-order valence-corrected chi connectivity index (χ4v) is 5.40. The van der Waals surface area contributed by atoms with Crippen molar-refractivity contribution >= 4 is 27.5 Å². The monoisotopic (exact) mass is 593 g/mol. The minimum absolute atomic E-state index is 0.0722. The molecule has 3 aromatic rings. The molecule has 0 radical (unpaired) electrons. The summed E-state index contributed by atoms with van der Waals surface area (Å²) in [5, 5.41) is 2.65. The van der Waals surface area contributed by atoms with Crippen LogP contribution in [0.5, 0.6) is 0 Å². The summed E-state index contributed by atoms with van der Waals surface area (Å²) in [7, 11) is -4.56. The fraction of sp³-hybridized carbons (Fsp3) is 0.310. The van der Waals surface area contributed by atoms with Crippen LogP contribution in [0.2, 0.25) is 0 Å². The van der Waals surface area contributed by atoms with Crippen molar-refractivity contribution in [2.75, 3.05) is 17.4 Å². The van der Waals surface area contributed by atoms with E-state index in [0.29, 0.717) is 23.3 Å². The number of hydrogen-bond donors (Lipinski definition) is 1. The Labute approximate surface area is 236 Å². The minimum atomic E-state index is -4.78. The van der Waals surface area contributed by atoms with Crippen LogP contribution in [0.3, 0.4) is 0 Å². The molecule has 7 nitrogen and oxygen atoms in total. The predicted octanol–water partition coefficient (Wildman–Crippen LogP) is 5.29. The Kier molecular flexibility index (Phi) is 10.1. The summed E-state index contributed by atoms with van der Waals surface area (Å²) in [6.45, 7) is 3.95. The second kappa shape index (κ2) is 13.2. The highest BCUT2D eigenvalue weighted by atomic mass is 32.2. The molecule has 3 aromatic carbocycles. The molecule has 0 aliphatic rings. The van der Waals surface area contributed by atoms with E-state index in [1.165, 1.54) is 49.4 Å². The summed E-state index contributed by atoms with van der Waals surface area (Å²) in [5.41, 5.74) is -0.693. The topological polar surface area (TPSA) is 86.8 Å². The smallest absolute Gasteiger partial charge is 0.354 e. The summed E-state index contributed by atoms with van der Waals surface area (Å²) in [6.07, 6.45) is -4.17. The molecule has 0 aliphatic carbocycles. The Morgan fingerprint density at radius 1 is 0.976 bits per heavy atom. The summed E-state index contributed by atoms with van der Waals surface area (Å²) in [5.74, 6) is -2.11. The Bertz CT molecular complexity index is 1480. The first-order valence-corrected chi connectivity index (χ1v) is 14.3. The quantitative estimate of drug-likeness (QED) is 0.306. The maximum atomic E-state index is 14.6. The van der Waals surface area contributed by atoms with Gasteiger partial charge in [0.2, 0.25) is 11.8 Å². The van der Waals surface area contributed by atoms with Gasteiger partial charge in [0.25, 0.3) is 10.0 Å². The molecule has 1 N–H and O–H groups in total. The summed E-state index contributed by atoms with van der Waals surface area (Å²) in [6, 6.07) is 13.6. The van der Waals surface area contributed by atoms with Crippen molar-refractivity contribution in [3.63, 3.8) is 0 Å². The number of rotatable bonds is 11. The highest BCUT2D eigenvalue weighted by Gasteiger charge is 2.35. The molecule has 2 amide bonds. The normalized spacial score (nSPS) is 12.5. The SMILES string of the molecule is CCCNC(=O)[C@@H](C)N(Cc1ccccc1F)C(=O)CN(c1cccc(C(F)(F)F)c1)S(=O)(=O)c1ccc(C)cc1. The number of nitrogens with zero attached hydrogens (tertiary/aromatic N) is 2. The number of carbonyl (C=O) groups is 2. The third-order valence-electron chi connectivity index (χ3n) is 6.36. The van der Waals surface area contributed by atoms with Crippen LogP contribution in [0.25, 0.3) is 0 Å². The number of nitrogens with one attached hydrogen (secondary N) is 1. The number of hydrogen-bond acceptors (Lipinski definition) is 4. The molecule has 0 aliphatic heterocycles. The van der Waals surface area contributed by atoms with Gasteiger partial charge >= 0.3 is 6.18 Å². The maximum absolute atomic E-state index is 14.6. The van der Waals surface area contributed by atoms with Crippen molar-refractivity contribution in [1.82, 2.24) is 10.2 Å². The van der Waals surface area contributed by atoms with Crippen molar-refractivity contribution in [3.05, 3.63) is 95.3 Å². The van der Waals surface area contributed by atoms with E-state index in [1.54, 1.807) is 13.0 Å². The van der Waals surface area contributed by atoms with E-state index >= 15 is 0 Å². The van der Waals surface area contributed by atoms with Crippen LogP contribution < -0.4 is 9.62 Å². The van der Waals surface area contributed by atoms with E-state index in [0.717, 1.165) is 28.7 Å². The van der Waals surface area contributed by atoms with Gasteiger partial charge in [-0.15, -0.1) is 0 Å². The van der Waals surface area contributed by atoms with Gasteiger partial charge in [-0.2, -0.15) is 13.2 Å². The Hall–Kier alpha value is -3.93. The highest BCUT2D eigenvalue weighted by Crippen LogP contribution is 2.33. The average molecular weight is 594 g/mol. The van der Waals surface area contributed by atoms with Crippen LogP contribution in [-0.2, 0) is 32.3 Å². The molecule has 0 aromatic heterocycles. The molecule has 0 unspecified atom stereocenters. The lowest BCUT2D eigenvalue weighted by molar-refractivity contribution is -0.139. The number of carbonyl (C=O) groups excluding carboxylic acids is 2. The zero-order chi connectivity index (χ0) is 30.4. The lowest BCUT2D eigenvalue weighted by atomic mass is 10.1. The number of amides is 2. The van der Waals surface area contributed by atoms with Crippen LogP contribution in [0.15, 0.2) is 77.7 Å². The van der Waals surface area contributed by atoms with Gasteiger partial charge in [-0.05, 0) is 56.7 Å². The van der Waals surface area contributed by atoms with E-state index in [-0.39, 0.29) is 17.0 Å². The van der Waals surface area contributed by atoms with Crippen LogP contribution in [-0.4, -0.2) is 44.3 Å². The van der Waals surface area contributed by atoms with Gasteiger partial charge in [0.15, 0.2) is 0 Å². The molecule has 3 rings (SSSR count). The second-order valence-electron chi connectivity index (χ2n) is 9.45. The molecule has 0 saturated carbocycles. The molecule has 0 bridgehead atoms. The minimum Gasteiger partial charge on any atom is -0.354 e. The summed E-state index contributed by atoms with van der Waals surface area (Å²) in [4.78, 5) is 27.4. The van der Waals surface area contributed by atoms with Crippen LogP contribution >= 0.6 is 0 Å². The first-order chi connectivity index (χ1) is 19.3. The predicted molar refractivity (Wildman–Crippen MR) is 147 cm³/mol. The Morgan fingerprint density at radius 2 is 1.63 bits per heavy atom.